The maximum atomic E-state index is 13.1. The van der Waals surface area contributed by atoms with E-state index in [4.69, 9.17) is 34.3 Å². The molecular weight excluding hydrogens is 690 g/mol. The molecule has 0 saturated carbocycles. The fraction of sp³-hybridized carbons (Fsp3) is 0.588. The zero-order valence-corrected chi connectivity index (χ0v) is 30.1. The van der Waals surface area contributed by atoms with E-state index in [9.17, 15) is 34.8 Å². The first-order chi connectivity index (χ1) is 24.3. The molecule has 1 fully saturated rings. The smallest absolute Gasteiger partial charge is 0.404 e. The summed E-state index contributed by atoms with van der Waals surface area (Å²) in [7, 11) is 0. The van der Waals surface area contributed by atoms with E-state index < -0.39 is 48.7 Å². The molecule has 2 rings (SSSR count). The summed E-state index contributed by atoms with van der Waals surface area (Å²) >= 11 is 4.22. The lowest BCUT2D eigenvalue weighted by molar-refractivity contribution is -0.271. The molecule has 51 heavy (non-hydrogen) atoms. The van der Waals surface area contributed by atoms with E-state index in [1.165, 1.54) is 29.3 Å². The summed E-state index contributed by atoms with van der Waals surface area (Å²) in [5.41, 5.74) is 8.85. The van der Waals surface area contributed by atoms with Crippen molar-refractivity contribution in [2.24, 2.45) is 10.9 Å². The van der Waals surface area contributed by atoms with Crippen LogP contribution < -0.4 is 15.8 Å². The van der Waals surface area contributed by atoms with Crippen LogP contribution in [0.3, 0.4) is 0 Å². The zero-order chi connectivity index (χ0) is 37.8. The van der Waals surface area contributed by atoms with Gasteiger partial charge in [-0.3, -0.25) is 4.79 Å². The van der Waals surface area contributed by atoms with Crippen molar-refractivity contribution in [1.82, 2.24) is 5.32 Å². The first kappa shape index (κ1) is 43.5. The van der Waals surface area contributed by atoms with Crippen LogP contribution in [0.1, 0.15) is 62.4 Å². The molecule has 286 valence electrons. The fourth-order valence-corrected chi connectivity index (χ4v) is 4.92. The number of carboxylic acids is 1. The molecule has 1 aromatic carbocycles. The number of hydrogen-bond acceptors (Lipinski definition) is 14. The zero-order valence-electron chi connectivity index (χ0n) is 29.2. The number of carboxylic acid groups (broad SMARTS) is 1. The molecule has 0 aromatic heterocycles. The number of carbonyl (C=O) groups excluding carboxylic acids is 2. The van der Waals surface area contributed by atoms with Crippen molar-refractivity contribution < 1.29 is 63.3 Å². The maximum Gasteiger partial charge on any atom is 0.404 e. The van der Waals surface area contributed by atoms with Crippen molar-refractivity contribution in [3.05, 3.63) is 52.6 Å². The highest BCUT2D eigenvalue weighted by molar-refractivity contribution is 7.80. The number of thiol groups is 1. The van der Waals surface area contributed by atoms with Gasteiger partial charge in [-0.15, -0.1) is 0 Å². The minimum absolute atomic E-state index is 0.0767. The molecule has 2 amide bonds. The van der Waals surface area contributed by atoms with Gasteiger partial charge in [0.05, 0.1) is 37.7 Å². The number of rotatable bonds is 23. The molecule has 1 saturated heterocycles. The molecule has 0 unspecified atom stereocenters. The van der Waals surface area contributed by atoms with Gasteiger partial charge in [0, 0.05) is 12.3 Å². The van der Waals surface area contributed by atoms with E-state index >= 15 is 0 Å². The molecule has 0 bridgehead atoms. The highest BCUT2D eigenvalue weighted by Crippen LogP contribution is 2.28. The van der Waals surface area contributed by atoms with E-state index in [1.807, 2.05) is 6.92 Å². The number of allylic oxidation sites excluding steroid dienone is 3. The van der Waals surface area contributed by atoms with E-state index in [-0.39, 0.29) is 50.9 Å². The molecule has 1 aliphatic heterocycles. The van der Waals surface area contributed by atoms with Gasteiger partial charge in [0.25, 0.3) is 5.91 Å². The molecule has 7 N–H and O–H groups in total. The lowest BCUT2D eigenvalue weighted by atomic mass is 9.99. The van der Waals surface area contributed by atoms with Crippen LogP contribution in [0, 0.1) is 0 Å². The van der Waals surface area contributed by atoms with Gasteiger partial charge >= 0.3 is 12.1 Å². The van der Waals surface area contributed by atoms with Crippen molar-refractivity contribution in [3.8, 4) is 5.75 Å². The number of benzene rings is 1. The second-order valence-electron chi connectivity index (χ2n) is 11.8. The third kappa shape index (κ3) is 16.5. The first-order valence-corrected chi connectivity index (χ1v) is 17.1. The lowest BCUT2D eigenvalue weighted by Crippen LogP contribution is -2.61. The van der Waals surface area contributed by atoms with E-state index in [1.54, 1.807) is 0 Å². The van der Waals surface area contributed by atoms with E-state index in [0.717, 1.165) is 37.1 Å². The Bertz CT molecular complexity index is 1360. The number of nitrogens with zero attached hydrogens (tertiary/aromatic N) is 1. The van der Waals surface area contributed by atoms with Gasteiger partial charge in [-0.25, -0.2) is 9.59 Å². The van der Waals surface area contributed by atoms with Crippen LogP contribution in [0.15, 0.2) is 46.7 Å². The lowest BCUT2D eigenvalue weighted by Gasteiger charge is -2.38. The third-order valence-corrected chi connectivity index (χ3v) is 7.70. The van der Waals surface area contributed by atoms with Crippen molar-refractivity contribution >= 4 is 36.3 Å². The largest absolute Gasteiger partial charge is 0.479 e. The van der Waals surface area contributed by atoms with Crippen LogP contribution in [0.25, 0.3) is 0 Å². The van der Waals surface area contributed by atoms with Crippen molar-refractivity contribution in [2.45, 2.75) is 83.8 Å². The summed E-state index contributed by atoms with van der Waals surface area (Å²) in [6.45, 7) is 7.23. The Morgan fingerprint density at radius 1 is 0.941 bits per heavy atom. The van der Waals surface area contributed by atoms with Gasteiger partial charge < -0.3 is 60.0 Å². The standard InChI is InChI=1S/C34H51N3O13S/c1-21(5-4-6-22(2)11-18-51)7-8-23(3)37-48-17-16-46-15-14-45-13-12-36-31(41)25-19-24(20-47-34(35)44)9-10-26(25)49-33-29(40)27(38)28(39)30(50-33)32(42)43/h5,9-11,19,27-30,33,38-40,51H,4,6-8,12-18,20H2,1-3H3,(H2,35,44)(H,36,41)(H,42,43)/b21-5+,22-11+,37-23+/t27-,28-,29+,30-,33+/m0/s1. The fourth-order valence-electron chi connectivity index (χ4n) is 4.61. The summed E-state index contributed by atoms with van der Waals surface area (Å²) in [6.07, 6.45) is -2.22. The summed E-state index contributed by atoms with van der Waals surface area (Å²) in [4.78, 5) is 40.9. The number of oxime groups is 1. The topological polar surface area (TPSA) is 238 Å². The molecule has 1 heterocycles. The molecule has 17 heteroatoms. The van der Waals surface area contributed by atoms with Crippen LogP contribution in [0.4, 0.5) is 4.79 Å². The van der Waals surface area contributed by atoms with Gasteiger partial charge in [-0.05, 0) is 64.2 Å². The molecule has 1 aliphatic rings. The van der Waals surface area contributed by atoms with Gasteiger partial charge in [-0.2, -0.15) is 12.6 Å². The average molecular weight is 742 g/mol. The van der Waals surface area contributed by atoms with Crippen LogP contribution in [0.5, 0.6) is 5.75 Å². The minimum atomic E-state index is -1.92. The number of ether oxygens (including phenoxy) is 5. The summed E-state index contributed by atoms with van der Waals surface area (Å²) in [5, 5.41) is 46.5. The van der Waals surface area contributed by atoms with Crippen molar-refractivity contribution in [3.63, 3.8) is 0 Å². The molecule has 1 aromatic rings. The van der Waals surface area contributed by atoms with E-state index in [0.29, 0.717) is 12.2 Å². The normalized spacial score (nSPS) is 21.2. The SMILES string of the molecule is C/C(=C\CS)CC/C=C(\C)CC/C(C)=N/OCCOCCOCCNC(=O)c1cc(COC(N)=O)ccc1O[C@@H]1O[C@H](C(=O)O)[C@@H](O)[C@H](O)[C@H]1O. The number of primary amides is 1. The highest BCUT2D eigenvalue weighted by atomic mass is 32.1. The van der Waals surface area contributed by atoms with Gasteiger partial charge in [0.15, 0.2) is 6.10 Å². The number of carbonyl (C=O) groups is 3. The molecular formula is C34H51N3O13S. The number of aliphatic hydroxyl groups is 3. The number of nitrogens with two attached hydrogens (primary N) is 1. The van der Waals surface area contributed by atoms with Gasteiger partial charge in [0.2, 0.25) is 6.29 Å². The van der Waals surface area contributed by atoms with Gasteiger partial charge in [-0.1, -0.05) is 34.5 Å². The third-order valence-electron chi connectivity index (χ3n) is 7.52. The second-order valence-corrected chi connectivity index (χ2v) is 12.1. The number of amides is 2. The van der Waals surface area contributed by atoms with Gasteiger partial charge in [0.1, 0.15) is 37.3 Å². The Morgan fingerprint density at radius 3 is 2.31 bits per heavy atom. The van der Waals surface area contributed by atoms with Crippen LogP contribution in [0.2, 0.25) is 0 Å². The second kappa shape index (κ2) is 23.7. The van der Waals surface area contributed by atoms with Crippen molar-refractivity contribution in [2.75, 3.05) is 45.3 Å². The monoisotopic (exact) mass is 741 g/mol. The summed E-state index contributed by atoms with van der Waals surface area (Å²) < 4.78 is 26.5. The summed E-state index contributed by atoms with van der Waals surface area (Å²) in [6, 6.07) is 4.06. The Balaban J connectivity index is 1.74. The number of hydrogen-bond donors (Lipinski definition) is 7. The summed E-state index contributed by atoms with van der Waals surface area (Å²) in [5.74, 6) is -1.65. The molecule has 0 aliphatic carbocycles. The van der Waals surface area contributed by atoms with Crippen LogP contribution in [-0.4, -0.2) is 120 Å². The molecule has 0 radical (unpaired) electrons. The van der Waals surface area contributed by atoms with Crippen molar-refractivity contribution in [1.29, 1.82) is 0 Å². The Morgan fingerprint density at radius 2 is 1.63 bits per heavy atom. The highest BCUT2D eigenvalue weighted by Gasteiger charge is 2.48. The van der Waals surface area contributed by atoms with E-state index in [2.05, 4.69) is 49.1 Å². The minimum Gasteiger partial charge on any atom is -0.479 e. The number of nitrogens with one attached hydrogen (secondary N) is 1. The Hall–Kier alpha value is -3.71. The first-order valence-electron chi connectivity index (χ1n) is 16.5. The quantitative estimate of drug-likeness (QED) is 0.0280. The van der Waals surface area contributed by atoms with Crippen LogP contribution in [-0.2, 0) is 35.2 Å². The number of aliphatic carboxylic acids is 1. The maximum absolute atomic E-state index is 13.1. The predicted octanol–water partition coefficient (Wildman–Crippen LogP) is 2.09. The molecule has 16 nitrogen and oxygen atoms in total. The predicted molar refractivity (Wildman–Crippen MR) is 189 cm³/mol. The average Bonchev–Trinajstić information content (AvgIpc) is 3.09. The molecule has 5 atom stereocenters. The number of aliphatic hydroxyl groups excluding tert-OH is 3. The Kier molecular flexibility index (Phi) is 20.2. The molecule has 0 spiro atoms. The Labute approximate surface area is 303 Å². The van der Waals surface area contributed by atoms with Crippen LogP contribution >= 0.6 is 12.6 Å².